The molecule has 0 saturated carbocycles. The standard InChI is InChI=1S/C16H12N4O2/c1-22-14-4-2-3-11(9-14)16-15(10-17)18-19-20(16)12-5-7-13(21)8-6-12/h2-9,21H,1H3. The molecular formula is C16H12N4O2. The topological polar surface area (TPSA) is 84.0 Å². The number of benzene rings is 2. The van der Waals surface area contributed by atoms with Crippen molar-refractivity contribution < 1.29 is 9.84 Å². The van der Waals surface area contributed by atoms with Crippen LogP contribution in [-0.2, 0) is 0 Å². The molecule has 0 aliphatic heterocycles. The zero-order valence-corrected chi connectivity index (χ0v) is 11.8. The summed E-state index contributed by atoms with van der Waals surface area (Å²) in [5.74, 6) is 0.840. The Kier molecular flexibility index (Phi) is 3.46. The van der Waals surface area contributed by atoms with Gasteiger partial charge >= 0.3 is 0 Å². The highest BCUT2D eigenvalue weighted by molar-refractivity contribution is 5.68. The predicted octanol–water partition coefficient (Wildman–Crippen LogP) is 2.52. The van der Waals surface area contributed by atoms with Crippen LogP contribution in [0, 0.1) is 11.3 Å². The van der Waals surface area contributed by atoms with Gasteiger partial charge in [-0.1, -0.05) is 17.3 Å². The van der Waals surface area contributed by atoms with Gasteiger partial charge in [0.15, 0.2) is 5.69 Å². The Morgan fingerprint density at radius 1 is 1.18 bits per heavy atom. The van der Waals surface area contributed by atoms with Gasteiger partial charge in [0.1, 0.15) is 23.3 Å². The first-order chi connectivity index (χ1) is 10.7. The van der Waals surface area contributed by atoms with Gasteiger partial charge in [0.05, 0.1) is 12.8 Å². The van der Waals surface area contributed by atoms with Crippen molar-refractivity contribution in [2.75, 3.05) is 7.11 Å². The van der Waals surface area contributed by atoms with Crippen molar-refractivity contribution in [2.24, 2.45) is 0 Å². The highest BCUT2D eigenvalue weighted by atomic mass is 16.5. The molecule has 0 bridgehead atoms. The minimum absolute atomic E-state index is 0.160. The van der Waals surface area contributed by atoms with Crippen LogP contribution < -0.4 is 4.74 Å². The molecule has 0 unspecified atom stereocenters. The summed E-state index contributed by atoms with van der Waals surface area (Å²) in [5.41, 5.74) is 2.27. The first-order valence-corrected chi connectivity index (χ1v) is 6.52. The fourth-order valence-corrected chi connectivity index (χ4v) is 2.16. The molecule has 0 aliphatic rings. The van der Waals surface area contributed by atoms with Gasteiger partial charge in [-0.05, 0) is 36.4 Å². The van der Waals surface area contributed by atoms with Gasteiger partial charge in [-0.15, -0.1) is 5.10 Å². The van der Waals surface area contributed by atoms with Crippen LogP contribution in [0.5, 0.6) is 11.5 Å². The van der Waals surface area contributed by atoms with Crippen molar-refractivity contribution in [3.05, 3.63) is 54.2 Å². The quantitative estimate of drug-likeness (QED) is 0.802. The molecule has 0 radical (unpaired) electrons. The lowest BCUT2D eigenvalue weighted by atomic mass is 10.1. The van der Waals surface area contributed by atoms with Crippen LogP contribution in [0.15, 0.2) is 48.5 Å². The molecule has 108 valence electrons. The van der Waals surface area contributed by atoms with Crippen LogP contribution in [0.25, 0.3) is 16.9 Å². The van der Waals surface area contributed by atoms with Crippen molar-refractivity contribution in [3.63, 3.8) is 0 Å². The van der Waals surface area contributed by atoms with E-state index in [9.17, 15) is 10.4 Å². The van der Waals surface area contributed by atoms with Crippen LogP contribution in [0.3, 0.4) is 0 Å². The summed E-state index contributed by atoms with van der Waals surface area (Å²) in [6, 6.07) is 15.9. The van der Waals surface area contributed by atoms with Crippen LogP contribution in [0.4, 0.5) is 0 Å². The number of rotatable bonds is 3. The van der Waals surface area contributed by atoms with E-state index in [4.69, 9.17) is 4.74 Å². The van der Waals surface area contributed by atoms with Gasteiger partial charge in [0, 0.05) is 5.56 Å². The second kappa shape index (κ2) is 5.58. The molecule has 2 aromatic carbocycles. The maximum Gasteiger partial charge on any atom is 0.191 e. The van der Waals surface area contributed by atoms with E-state index in [0.29, 0.717) is 17.1 Å². The van der Waals surface area contributed by atoms with Gasteiger partial charge in [-0.3, -0.25) is 0 Å². The largest absolute Gasteiger partial charge is 0.508 e. The molecule has 0 aliphatic carbocycles. The zero-order chi connectivity index (χ0) is 15.5. The Morgan fingerprint density at radius 2 is 1.95 bits per heavy atom. The summed E-state index contributed by atoms with van der Waals surface area (Å²) < 4.78 is 6.78. The average molecular weight is 292 g/mol. The van der Waals surface area contributed by atoms with Crippen LogP contribution >= 0.6 is 0 Å². The molecule has 0 fully saturated rings. The van der Waals surface area contributed by atoms with E-state index in [1.165, 1.54) is 0 Å². The smallest absolute Gasteiger partial charge is 0.191 e. The number of nitrogens with zero attached hydrogens (tertiary/aromatic N) is 4. The van der Waals surface area contributed by atoms with Gasteiger partial charge in [-0.25, -0.2) is 4.68 Å². The molecule has 0 spiro atoms. The lowest BCUT2D eigenvalue weighted by Crippen LogP contribution is -1.99. The van der Waals surface area contributed by atoms with Gasteiger partial charge in [0.25, 0.3) is 0 Å². The fourth-order valence-electron chi connectivity index (χ4n) is 2.16. The number of aromatic hydroxyl groups is 1. The second-order valence-corrected chi connectivity index (χ2v) is 4.56. The van der Waals surface area contributed by atoms with E-state index in [-0.39, 0.29) is 11.4 Å². The number of hydrogen-bond donors (Lipinski definition) is 1. The lowest BCUT2D eigenvalue weighted by molar-refractivity contribution is 0.415. The first-order valence-electron chi connectivity index (χ1n) is 6.52. The maximum atomic E-state index is 9.40. The lowest BCUT2D eigenvalue weighted by Gasteiger charge is -2.08. The van der Waals surface area contributed by atoms with Gasteiger partial charge in [0.2, 0.25) is 0 Å². The van der Waals surface area contributed by atoms with Crippen molar-refractivity contribution in [1.29, 1.82) is 5.26 Å². The molecule has 0 saturated heterocycles. The summed E-state index contributed by atoms with van der Waals surface area (Å²) in [4.78, 5) is 0. The number of ether oxygens (including phenoxy) is 1. The fraction of sp³-hybridized carbons (Fsp3) is 0.0625. The summed E-state index contributed by atoms with van der Waals surface area (Å²) >= 11 is 0. The number of phenolic OH excluding ortho intramolecular Hbond substituents is 1. The second-order valence-electron chi connectivity index (χ2n) is 4.56. The predicted molar refractivity (Wildman–Crippen MR) is 79.7 cm³/mol. The van der Waals surface area contributed by atoms with E-state index in [1.807, 2.05) is 30.3 Å². The summed E-state index contributed by atoms with van der Waals surface area (Å²) in [7, 11) is 1.58. The Labute approximate surface area is 126 Å². The van der Waals surface area contributed by atoms with Crippen molar-refractivity contribution in [2.45, 2.75) is 0 Å². The van der Waals surface area contributed by atoms with E-state index in [0.717, 1.165) is 5.56 Å². The normalized spacial score (nSPS) is 10.2. The molecular weight excluding hydrogens is 280 g/mol. The third-order valence-corrected chi connectivity index (χ3v) is 3.21. The minimum atomic E-state index is 0.160. The Morgan fingerprint density at radius 3 is 2.64 bits per heavy atom. The van der Waals surface area contributed by atoms with Crippen LogP contribution in [0.2, 0.25) is 0 Å². The number of hydrogen-bond acceptors (Lipinski definition) is 5. The van der Waals surface area contributed by atoms with Crippen LogP contribution in [0.1, 0.15) is 5.69 Å². The highest BCUT2D eigenvalue weighted by Crippen LogP contribution is 2.28. The third-order valence-electron chi connectivity index (χ3n) is 3.21. The molecule has 1 N–H and O–H groups in total. The molecule has 0 atom stereocenters. The molecule has 0 amide bonds. The van der Waals surface area contributed by atoms with Gasteiger partial charge < -0.3 is 9.84 Å². The van der Waals surface area contributed by atoms with Gasteiger partial charge in [-0.2, -0.15) is 5.26 Å². The number of phenols is 1. The SMILES string of the molecule is COc1cccc(-c2c(C#N)nnn2-c2ccc(O)cc2)c1. The molecule has 22 heavy (non-hydrogen) atoms. The van der Waals surface area contributed by atoms with Crippen molar-refractivity contribution in [1.82, 2.24) is 15.0 Å². The first kappa shape index (κ1) is 13.6. The maximum absolute atomic E-state index is 9.40. The molecule has 1 heterocycles. The number of aromatic nitrogens is 3. The monoisotopic (exact) mass is 292 g/mol. The molecule has 3 rings (SSSR count). The van der Waals surface area contributed by atoms with E-state index in [2.05, 4.69) is 10.3 Å². The summed E-state index contributed by atoms with van der Waals surface area (Å²) in [5, 5.41) is 26.6. The highest BCUT2D eigenvalue weighted by Gasteiger charge is 2.16. The molecule has 6 heteroatoms. The molecule has 1 aromatic heterocycles. The number of nitriles is 1. The summed E-state index contributed by atoms with van der Waals surface area (Å²) in [6.45, 7) is 0. The average Bonchev–Trinajstić information content (AvgIpc) is 2.99. The number of methoxy groups -OCH3 is 1. The van der Waals surface area contributed by atoms with Crippen LogP contribution in [-0.4, -0.2) is 27.2 Å². The summed E-state index contributed by atoms with van der Waals surface area (Å²) in [6.07, 6.45) is 0. The molecule has 6 nitrogen and oxygen atoms in total. The van der Waals surface area contributed by atoms with E-state index in [1.54, 1.807) is 36.1 Å². The Bertz CT molecular complexity index is 847. The zero-order valence-electron chi connectivity index (χ0n) is 11.8. The van der Waals surface area contributed by atoms with E-state index >= 15 is 0 Å². The third kappa shape index (κ3) is 2.36. The van der Waals surface area contributed by atoms with Crippen molar-refractivity contribution in [3.8, 4) is 34.5 Å². The van der Waals surface area contributed by atoms with Crippen molar-refractivity contribution >= 4 is 0 Å². The Hall–Kier alpha value is -3.33. The Balaban J connectivity index is 2.19. The minimum Gasteiger partial charge on any atom is -0.508 e. The molecule has 3 aromatic rings. The van der Waals surface area contributed by atoms with E-state index < -0.39 is 0 Å².